The molecule has 16 heavy (non-hydrogen) atoms. The molecule has 0 unspecified atom stereocenters. The van der Waals surface area contributed by atoms with Crippen LogP contribution in [0.5, 0.6) is 0 Å². The highest BCUT2D eigenvalue weighted by Crippen LogP contribution is 2.11. The van der Waals surface area contributed by atoms with Gasteiger partial charge in [-0.05, 0) is 26.3 Å². The van der Waals surface area contributed by atoms with E-state index in [1.165, 1.54) is 0 Å². The Kier molecular flexibility index (Phi) is 5.85. The Labute approximate surface area is 97.2 Å². The molecule has 0 saturated carbocycles. The molecule has 0 aliphatic carbocycles. The van der Waals surface area contributed by atoms with E-state index in [-0.39, 0.29) is 0 Å². The Morgan fingerprint density at radius 2 is 2.00 bits per heavy atom. The summed E-state index contributed by atoms with van der Waals surface area (Å²) in [6.07, 6.45) is 2.19. The van der Waals surface area contributed by atoms with E-state index in [0.717, 1.165) is 32.5 Å². The second-order valence-corrected chi connectivity index (χ2v) is 3.73. The molecule has 0 amide bonds. The molecule has 0 aromatic carbocycles. The van der Waals surface area contributed by atoms with Gasteiger partial charge in [0.25, 0.3) is 0 Å². The first-order chi connectivity index (χ1) is 7.81. The van der Waals surface area contributed by atoms with Crippen LogP contribution in [0, 0.1) is 0 Å². The lowest BCUT2D eigenvalue weighted by Crippen LogP contribution is -2.23. The van der Waals surface area contributed by atoms with E-state index < -0.39 is 0 Å². The first kappa shape index (κ1) is 13.0. The molecular formula is C11H22N4O. The fraction of sp³-hybridized carbons (Fsp3) is 0.818. The maximum Gasteiger partial charge on any atom is 0.318 e. The maximum absolute atomic E-state index is 5.58. The fourth-order valence-electron chi connectivity index (χ4n) is 1.48. The summed E-state index contributed by atoms with van der Waals surface area (Å²) in [7, 11) is 0. The van der Waals surface area contributed by atoms with Gasteiger partial charge < -0.3 is 14.6 Å². The number of aromatic nitrogens is 2. The van der Waals surface area contributed by atoms with E-state index in [1.54, 1.807) is 0 Å². The van der Waals surface area contributed by atoms with Gasteiger partial charge in [-0.2, -0.15) is 0 Å². The number of nitrogens with zero attached hydrogens (tertiary/aromatic N) is 3. The summed E-state index contributed by atoms with van der Waals surface area (Å²) in [5, 5.41) is 11.3. The predicted molar refractivity (Wildman–Crippen MR) is 64.5 cm³/mol. The summed E-state index contributed by atoms with van der Waals surface area (Å²) >= 11 is 0. The summed E-state index contributed by atoms with van der Waals surface area (Å²) in [6, 6.07) is 0.637. The molecule has 0 spiro atoms. The SMILES string of the molecule is CCCNCc1nnc(N(CC)CCC)o1. The molecule has 1 heterocycles. The second-order valence-electron chi connectivity index (χ2n) is 3.73. The number of hydrogen-bond donors (Lipinski definition) is 1. The van der Waals surface area contributed by atoms with E-state index in [1.807, 2.05) is 0 Å². The van der Waals surface area contributed by atoms with E-state index >= 15 is 0 Å². The third kappa shape index (κ3) is 3.81. The molecule has 5 nitrogen and oxygen atoms in total. The summed E-state index contributed by atoms with van der Waals surface area (Å²) in [6.45, 7) is 9.86. The third-order valence-corrected chi connectivity index (χ3v) is 2.30. The van der Waals surface area contributed by atoms with Gasteiger partial charge in [0.05, 0.1) is 6.54 Å². The van der Waals surface area contributed by atoms with Gasteiger partial charge in [-0.15, -0.1) is 5.10 Å². The molecular weight excluding hydrogens is 204 g/mol. The molecule has 0 aliphatic heterocycles. The molecule has 1 aromatic heterocycles. The minimum absolute atomic E-state index is 0.637. The smallest absolute Gasteiger partial charge is 0.318 e. The predicted octanol–water partition coefficient (Wildman–Crippen LogP) is 1.81. The molecule has 0 atom stereocenters. The number of nitrogens with one attached hydrogen (secondary N) is 1. The Morgan fingerprint density at radius 1 is 1.19 bits per heavy atom. The van der Waals surface area contributed by atoms with Crippen LogP contribution in [-0.4, -0.2) is 29.8 Å². The van der Waals surface area contributed by atoms with Crippen molar-refractivity contribution in [1.82, 2.24) is 15.5 Å². The van der Waals surface area contributed by atoms with Gasteiger partial charge in [-0.25, -0.2) is 0 Å². The zero-order valence-electron chi connectivity index (χ0n) is 10.5. The van der Waals surface area contributed by atoms with Crippen LogP contribution in [0.1, 0.15) is 39.5 Å². The lowest BCUT2D eigenvalue weighted by molar-refractivity contribution is 0.461. The van der Waals surface area contributed by atoms with Crippen LogP contribution in [0.3, 0.4) is 0 Å². The first-order valence-electron chi connectivity index (χ1n) is 6.09. The standard InChI is InChI=1S/C11H22N4O/c1-4-7-12-9-10-13-14-11(16-10)15(6-3)8-5-2/h12H,4-9H2,1-3H3. The molecule has 0 fully saturated rings. The highest BCUT2D eigenvalue weighted by atomic mass is 16.4. The van der Waals surface area contributed by atoms with Crippen LogP contribution >= 0.6 is 0 Å². The minimum Gasteiger partial charge on any atom is -0.407 e. The topological polar surface area (TPSA) is 54.2 Å². The number of rotatable bonds is 8. The Hall–Kier alpha value is -1.10. The van der Waals surface area contributed by atoms with Crippen LogP contribution in [0.15, 0.2) is 4.42 Å². The Morgan fingerprint density at radius 3 is 2.62 bits per heavy atom. The van der Waals surface area contributed by atoms with Crippen LogP contribution < -0.4 is 10.2 Å². The molecule has 0 radical (unpaired) electrons. The van der Waals surface area contributed by atoms with Gasteiger partial charge in [0, 0.05) is 13.1 Å². The summed E-state index contributed by atoms with van der Waals surface area (Å²) < 4.78 is 5.58. The molecule has 1 N–H and O–H groups in total. The normalized spacial score (nSPS) is 10.7. The lowest BCUT2D eigenvalue weighted by atomic mass is 10.4. The molecule has 1 aromatic rings. The zero-order valence-corrected chi connectivity index (χ0v) is 10.5. The van der Waals surface area contributed by atoms with Crippen molar-refractivity contribution in [3.8, 4) is 0 Å². The van der Waals surface area contributed by atoms with Crippen molar-refractivity contribution < 1.29 is 4.42 Å². The quantitative estimate of drug-likeness (QED) is 0.685. The monoisotopic (exact) mass is 226 g/mol. The summed E-state index contributed by atoms with van der Waals surface area (Å²) in [5.41, 5.74) is 0. The van der Waals surface area contributed by atoms with E-state index in [2.05, 4.69) is 41.2 Å². The number of anilines is 1. The van der Waals surface area contributed by atoms with Crippen molar-refractivity contribution in [2.75, 3.05) is 24.5 Å². The van der Waals surface area contributed by atoms with Crippen molar-refractivity contribution in [2.24, 2.45) is 0 Å². The van der Waals surface area contributed by atoms with Crippen molar-refractivity contribution in [2.45, 2.75) is 40.2 Å². The average Bonchev–Trinajstić information content (AvgIpc) is 2.75. The molecule has 0 bridgehead atoms. The van der Waals surface area contributed by atoms with Crippen LogP contribution in [0.4, 0.5) is 6.01 Å². The maximum atomic E-state index is 5.58. The van der Waals surface area contributed by atoms with E-state index in [4.69, 9.17) is 4.42 Å². The Bertz CT molecular complexity index is 287. The molecule has 5 heteroatoms. The van der Waals surface area contributed by atoms with Gasteiger partial charge >= 0.3 is 6.01 Å². The van der Waals surface area contributed by atoms with Crippen molar-refractivity contribution in [3.05, 3.63) is 5.89 Å². The van der Waals surface area contributed by atoms with E-state index in [9.17, 15) is 0 Å². The Balaban J connectivity index is 2.48. The largest absolute Gasteiger partial charge is 0.407 e. The molecule has 92 valence electrons. The van der Waals surface area contributed by atoms with Crippen molar-refractivity contribution >= 4 is 6.01 Å². The first-order valence-corrected chi connectivity index (χ1v) is 6.09. The fourth-order valence-corrected chi connectivity index (χ4v) is 1.48. The van der Waals surface area contributed by atoms with E-state index in [0.29, 0.717) is 18.5 Å². The molecule has 0 aliphatic rings. The van der Waals surface area contributed by atoms with Gasteiger partial charge in [0.2, 0.25) is 5.89 Å². The second kappa shape index (κ2) is 7.22. The molecule has 0 saturated heterocycles. The van der Waals surface area contributed by atoms with Gasteiger partial charge in [0.1, 0.15) is 0 Å². The zero-order chi connectivity index (χ0) is 11.8. The van der Waals surface area contributed by atoms with Crippen LogP contribution in [-0.2, 0) is 6.54 Å². The summed E-state index contributed by atoms with van der Waals surface area (Å²) in [4.78, 5) is 2.09. The third-order valence-electron chi connectivity index (χ3n) is 2.30. The number of hydrogen-bond acceptors (Lipinski definition) is 5. The lowest BCUT2D eigenvalue weighted by Gasteiger charge is -2.15. The summed E-state index contributed by atoms with van der Waals surface area (Å²) in [5.74, 6) is 0.665. The minimum atomic E-state index is 0.637. The van der Waals surface area contributed by atoms with Gasteiger partial charge in [0.15, 0.2) is 0 Å². The van der Waals surface area contributed by atoms with Gasteiger partial charge in [-0.1, -0.05) is 18.9 Å². The highest BCUT2D eigenvalue weighted by molar-refractivity contribution is 5.22. The van der Waals surface area contributed by atoms with Gasteiger partial charge in [-0.3, -0.25) is 0 Å². The molecule has 1 rings (SSSR count). The highest BCUT2D eigenvalue weighted by Gasteiger charge is 2.11. The van der Waals surface area contributed by atoms with Crippen LogP contribution in [0.2, 0.25) is 0 Å². The van der Waals surface area contributed by atoms with Crippen molar-refractivity contribution in [3.63, 3.8) is 0 Å². The average molecular weight is 226 g/mol. The van der Waals surface area contributed by atoms with Crippen molar-refractivity contribution in [1.29, 1.82) is 0 Å². The van der Waals surface area contributed by atoms with Crippen LogP contribution in [0.25, 0.3) is 0 Å².